The van der Waals surface area contributed by atoms with E-state index in [-0.39, 0.29) is 11.5 Å². The van der Waals surface area contributed by atoms with Gasteiger partial charge in [-0.25, -0.2) is 9.97 Å². The minimum absolute atomic E-state index is 0.187. The van der Waals surface area contributed by atoms with Crippen molar-refractivity contribution in [2.45, 2.75) is 47.1 Å². The van der Waals surface area contributed by atoms with E-state index in [9.17, 15) is 4.79 Å². The Hall–Kier alpha value is -3.51. The van der Waals surface area contributed by atoms with Crippen molar-refractivity contribution in [3.05, 3.63) is 98.4 Å². The highest BCUT2D eigenvalue weighted by Gasteiger charge is 2.17. The van der Waals surface area contributed by atoms with Crippen LogP contribution in [0, 0.1) is 20.8 Å². The first-order chi connectivity index (χ1) is 16.2. The van der Waals surface area contributed by atoms with Crippen molar-refractivity contribution in [1.29, 1.82) is 0 Å². The molecular weight excluding hydrogens is 448 g/mol. The van der Waals surface area contributed by atoms with Gasteiger partial charge in [0.1, 0.15) is 18.2 Å². The largest absolute Gasteiger partial charge is 0.488 e. The predicted molar refractivity (Wildman–Crippen MR) is 135 cm³/mol. The molecular formula is C27H27ClN4O2. The van der Waals surface area contributed by atoms with Gasteiger partial charge in [-0.05, 0) is 38.5 Å². The SMILES string of the molecule is Cc1cccc(COc2cc(C)n(-c3cc(-c4ccnc(C(C)C)n4)ncc3Cl)c(=O)c2C)c1. The molecule has 0 aliphatic rings. The zero-order valence-corrected chi connectivity index (χ0v) is 20.7. The second-order valence-corrected chi connectivity index (χ2v) is 9.08. The first-order valence-corrected chi connectivity index (χ1v) is 11.5. The molecule has 0 aliphatic carbocycles. The van der Waals surface area contributed by atoms with Crippen molar-refractivity contribution in [3.8, 4) is 22.8 Å². The summed E-state index contributed by atoms with van der Waals surface area (Å²) < 4.78 is 7.60. The fourth-order valence-electron chi connectivity index (χ4n) is 3.74. The van der Waals surface area contributed by atoms with Crippen LogP contribution < -0.4 is 10.3 Å². The lowest BCUT2D eigenvalue weighted by Gasteiger charge is -2.17. The quantitative estimate of drug-likeness (QED) is 0.344. The standard InChI is InChI=1S/C27H27ClN4O2/c1-16(2)26-29-10-9-22(31-26)23-13-24(21(28)14-30-23)32-18(4)12-25(19(5)27(32)33)34-15-20-8-6-7-17(3)11-20/h6-14,16H,15H2,1-5H3. The van der Waals surface area contributed by atoms with Gasteiger partial charge < -0.3 is 4.74 Å². The third kappa shape index (κ3) is 4.87. The van der Waals surface area contributed by atoms with Crippen LogP contribution in [0.5, 0.6) is 5.75 Å². The minimum Gasteiger partial charge on any atom is -0.488 e. The number of aryl methyl sites for hydroxylation is 2. The highest BCUT2D eigenvalue weighted by molar-refractivity contribution is 6.32. The van der Waals surface area contributed by atoms with Crippen LogP contribution in [0.25, 0.3) is 17.1 Å². The van der Waals surface area contributed by atoms with Crippen molar-refractivity contribution in [1.82, 2.24) is 19.5 Å². The first kappa shape index (κ1) is 23.6. The van der Waals surface area contributed by atoms with Crippen LogP contribution in [-0.4, -0.2) is 19.5 Å². The Morgan fingerprint density at radius 3 is 2.56 bits per heavy atom. The van der Waals surface area contributed by atoms with Gasteiger partial charge in [-0.15, -0.1) is 0 Å². The van der Waals surface area contributed by atoms with E-state index in [4.69, 9.17) is 16.3 Å². The summed E-state index contributed by atoms with van der Waals surface area (Å²) in [5.74, 6) is 1.48. The molecule has 3 aromatic heterocycles. The number of aromatic nitrogens is 4. The van der Waals surface area contributed by atoms with Crippen LogP contribution >= 0.6 is 11.6 Å². The first-order valence-electron chi connectivity index (χ1n) is 11.2. The van der Waals surface area contributed by atoms with Gasteiger partial charge in [-0.3, -0.25) is 14.3 Å². The maximum absolute atomic E-state index is 13.4. The Labute approximate surface area is 204 Å². The molecule has 0 atom stereocenters. The van der Waals surface area contributed by atoms with E-state index in [1.54, 1.807) is 36.0 Å². The lowest BCUT2D eigenvalue weighted by molar-refractivity contribution is 0.302. The van der Waals surface area contributed by atoms with Crippen molar-refractivity contribution < 1.29 is 4.74 Å². The summed E-state index contributed by atoms with van der Waals surface area (Å²) >= 11 is 6.51. The number of hydrogen-bond donors (Lipinski definition) is 0. The van der Waals surface area contributed by atoms with E-state index in [2.05, 4.69) is 21.0 Å². The number of halogens is 1. The summed E-state index contributed by atoms with van der Waals surface area (Å²) in [4.78, 5) is 26.8. The smallest absolute Gasteiger partial charge is 0.261 e. The van der Waals surface area contributed by atoms with Crippen LogP contribution in [0.4, 0.5) is 0 Å². The molecule has 0 bridgehead atoms. The molecule has 0 N–H and O–H groups in total. The van der Waals surface area contributed by atoms with Crippen LogP contribution in [0.1, 0.15) is 48.0 Å². The third-order valence-corrected chi connectivity index (χ3v) is 5.88. The lowest BCUT2D eigenvalue weighted by atomic mass is 10.1. The summed E-state index contributed by atoms with van der Waals surface area (Å²) in [5.41, 5.74) is 5.09. The number of pyridine rings is 2. The van der Waals surface area contributed by atoms with Gasteiger partial charge in [-0.2, -0.15) is 0 Å². The second-order valence-electron chi connectivity index (χ2n) is 8.67. The van der Waals surface area contributed by atoms with Gasteiger partial charge in [0.05, 0.1) is 27.7 Å². The van der Waals surface area contributed by atoms with Crippen LogP contribution in [0.15, 0.2) is 59.7 Å². The van der Waals surface area contributed by atoms with Crippen LogP contribution in [0.2, 0.25) is 5.02 Å². The predicted octanol–water partition coefficient (Wildman–Crippen LogP) is 5.97. The van der Waals surface area contributed by atoms with Gasteiger partial charge in [0, 0.05) is 30.1 Å². The molecule has 0 fully saturated rings. The van der Waals surface area contributed by atoms with Gasteiger partial charge in [0.15, 0.2) is 0 Å². The molecule has 6 nitrogen and oxygen atoms in total. The fourth-order valence-corrected chi connectivity index (χ4v) is 3.93. The van der Waals surface area contributed by atoms with Gasteiger partial charge in [0.25, 0.3) is 5.56 Å². The van der Waals surface area contributed by atoms with Crippen molar-refractivity contribution in [2.75, 3.05) is 0 Å². The molecule has 174 valence electrons. The van der Waals surface area contributed by atoms with Gasteiger partial charge in [-0.1, -0.05) is 55.3 Å². The second kappa shape index (κ2) is 9.77. The Kier molecular flexibility index (Phi) is 6.80. The summed E-state index contributed by atoms with van der Waals surface area (Å²) in [7, 11) is 0. The molecule has 0 aliphatic heterocycles. The normalized spacial score (nSPS) is 11.1. The van der Waals surface area contributed by atoms with Crippen LogP contribution in [0.3, 0.4) is 0 Å². The Morgan fingerprint density at radius 1 is 1.03 bits per heavy atom. The Bertz CT molecular complexity index is 1410. The molecule has 0 amide bonds. The topological polar surface area (TPSA) is 69.9 Å². The lowest BCUT2D eigenvalue weighted by Crippen LogP contribution is -2.24. The summed E-state index contributed by atoms with van der Waals surface area (Å²) in [6.07, 6.45) is 3.27. The van der Waals surface area contributed by atoms with E-state index in [0.717, 1.165) is 17.0 Å². The average molecular weight is 475 g/mol. The van der Waals surface area contributed by atoms with E-state index in [0.29, 0.717) is 45.7 Å². The molecule has 0 spiro atoms. The van der Waals surface area contributed by atoms with E-state index >= 15 is 0 Å². The molecule has 4 aromatic rings. The molecule has 1 aromatic carbocycles. The summed E-state index contributed by atoms with van der Waals surface area (Å²) in [6, 6.07) is 13.6. The molecule has 0 radical (unpaired) electrons. The highest BCUT2D eigenvalue weighted by Crippen LogP contribution is 2.27. The van der Waals surface area contributed by atoms with Gasteiger partial charge in [0.2, 0.25) is 0 Å². The number of ether oxygens (including phenoxy) is 1. The number of rotatable bonds is 6. The monoisotopic (exact) mass is 474 g/mol. The van der Waals surface area contributed by atoms with E-state index in [1.165, 1.54) is 0 Å². The Balaban J connectivity index is 1.72. The maximum atomic E-state index is 13.4. The average Bonchev–Trinajstić information content (AvgIpc) is 2.82. The molecule has 3 heterocycles. The van der Waals surface area contributed by atoms with E-state index < -0.39 is 0 Å². The van der Waals surface area contributed by atoms with Crippen molar-refractivity contribution in [2.24, 2.45) is 0 Å². The zero-order chi connectivity index (χ0) is 24.4. The molecule has 0 unspecified atom stereocenters. The number of benzene rings is 1. The minimum atomic E-state index is -0.191. The number of nitrogens with zero attached hydrogens (tertiary/aromatic N) is 4. The Morgan fingerprint density at radius 2 is 1.82 bits per heavy atom. The highest BCUT2D eigenvalue weighted by atomic mass is 35.5. The maximum Gasteiger partial charge on any atom is 0.261 e. The molecule has 7 heteroatoms. The third-order valence-electron chi connectivity index (χ3n) is 5.59. The summed E-state index contributed by atoms with van der Waals surface area (Å²) in [5, 5.41) is 0.375. The molecule has 4 rings (SSSR count). The molecule has 34 heavy (non-hydrogen) atoms. The summed E-state index contributed by atoms with van der Waals surface area (Å²) in [6.45, 7) is 10.1. The fraction of sp³-hybridized carbons (Fsp3) is 0.259. The zero-order valence-electron chi connectivity index (χ0n) is 20.0. The van der Waals surface area contributed by atoms with Gasteiger partial charge >= 0.3 is 0 Å². The number of hydrogen-bond acceptors (Lipinski definition) is 5. The van der Waals surface area contributed by atoms with Crippen molar-refractivity contribution >= 4 is 11.6 Å². The molecule has 0 saturated carbocycles. The van der Waals surface area contributed by atoms with Crippen LogP contribution in [-0.2, 0) is 6.61 Å². The molecule has 0 saturated heterocycles. The van der Waals surface area contributed by atoms with E-state index in [1.807, 2.05) is 52.0 Å². The van der Waals surface area contributed by atoms with Crippen molar-refractivity contribution in [3.63, 3.8) is 0 Å².